The largest absolute Gasteiger partial charge is 0.669 e. The fourth-order valence-electron chi connectivity index (χ4n) is 3.82. The number of carbonyl (C=O) groups excluding carboxylic acids is 2. The molecule has 1 unspecified atom stereocenters. The minimum absolute atomic E-state index is 0.00455. The Labute approximate surface area is 155 Å². The van der Waals surface area contributed by atoms with Crippen molar-refractivity contribution in [1.29, 1.82) is 0 Å². The van der Waals surface area contributed by atoms with Gasteiger partial charge in [-0.2, -0.15) is 0 Å². The Morgan fingerprint density at radius 3 is 2.78 bits per heavy atom. The molecule has 1 atom stereocenters. The van der Waals surface area contributed by atoms with Gasteiger partial charge in [-0.15, -0.1) is 0 Å². The normalized spacial score (nSPS) is 23.9. The number of amides is 1. The third-order valence-corrected chi connectivity index (χ3v) is 5.36. The molecule has 0 saturated carbocycles. The summed E-state index contributed by atoms with van der Waals surface area (Å²) in [5.41, 5.74) is 0.229. The van der Waals surface area contributed by atoms with E-state index >= 15 is 0 Å². The smallest absolute Gasteiger partial charge is 0.430 e. The Morgan fingerprint density at radius 2 is 2.11 bits per heavy atom. The van der Waals surface area contributed by atoms with Crippen LogP contribution in [-0.2, 0) is 11.2 Å². The van der Waals surface area contributed by atoms with Gasteiger partial charge in [-0.1, -0.05) is 12.4 Å². The van der Waals surface area contributed by atoms with Crippen molar-refractivity contribution in [1.82, 2.24) is 10.2 Å². The van der Waals surface area contributed by atoms with Gasteiger partial charge < -0.3 is 39.6 Å². The molecule has 0 aromatic heterocycles. The molecule has 3 N–H and O–H groups in total. The molecule has 0 radical (unpaired) electrons. The lowest BCUT2D eigenvalue weighted by Gasteiger charge is -2.41. The van der Waals surface area contributed by atoms with E-state index in [0.717, 1.165) is 13.0 Å². The lowest BCUT2D eigenvalue weighted by atomic mass is 9.70. The van der Waals surface area contributed by atoms with Crippen molar-refractivity contribution in [3.8, 4) is 11.5 Å². The predicted octanol–water partition coefficient (Wildman–Crippen LogP) is -1.89. The summed E-state index contributed by atoms with van der Waals surface area (Å²) in [6.07, 6.45) is 0.768. The number of rotatable bonds is 4. The highest BCUT2D eigenvalue weighted by molar-refractivity contribution is 6.59. The van der Waals surface area contributed by atoms with Gasteiger partial charge in [0, 0.05) is 6.54 Å². The van der Waals surface area contributed by atoms with E-state index in [1.54, 1.807) is 11.0 Å². The van der Waals surface area contributed by atoms with E-state index < -0.39 is 12.7 Å². The number of likely N-dealkylation sites (tertiary alicyclic amines) is 1. The molecule has 0 bridgehead atoms. The van der Waals surface area contributed by atoms with Crippen LogP contribution in [-0.4, -0.2) is 65.9 Å². The molecular formula is C17H21BN2O7-2. The number of hydrogen-bond acceptors (Lipinski definition) is 8. The zero-order valence-corrected chi connectivity index (χ0v) is 14.7. The van der Waals surface area contributed by atoms with Crippen LogP contribution in [0.4, 0.5) is 0 Å². The van der Waals surface area contributed by atoms with Crippen molar-refractivity contribution in [3.63, 3.8) is 0 Å². The van der Waals surface area contributed by atoms with Crippen LogP contribution in [0.1, 0.15) is 22.3 Å². The number of hydrogen-bond donors (Lipinski definition) is 3. The number of aromatic carboxylic acids is 1. The summed E-state index contributed by atoms with van der Waals surface area (Å²) < 4.78 is 10.9. The molecular weight excluding hydrogens is 355 g/mol. The molecule has 10 heteroatoms. The molecule has 1 aromatic carbocycles. The highest BCUT2D eigenvalue weighted by atomic mass is 16.6. The van der Waals surface area contributed by atoms with E-state index in [1.165, 1.54) is 6.07 Å². The van der Waals surface area contributed by atoms with E-state index in [4.69, 9.17) is 9.39 Å². The van der Waals surface area contributed by atoms with E-state index in [1.807, 2.05) is 0 Å². The number of benzene rings is 1. The lowest BCUT2D eigenvalue weighted by molar-refractivity contribution is -0.255. The monoisotopic (exact) mass is 376 g/mol. The zero-order chi connectivity index (χ0) is 19.2. The minimum Gasteiger partial charge on any atom is -0.669 e. The summed E-state index contributed by atoms with van der Waals surface area (Å²) in [5, 5.41) is 34.3. The molecule has 0 spiro atoms. The Hall–Kier alpha value is -2.30. The van der Waals surface area contributed by atoms with Gasteiger partial charge in [0.15, 0.2) is 0 Å². The molecule has 146 valence electrons. The molecule has 3 aliphatic rings. The number of carboxylic acid groups (broad SMARTS) is 1. The van der Waals surface area contributed by atoms with Gasteiger partial charge >= 0.3 is 6.75 Å². The van der Waals surface area contributed by atoms with E-state index in [2.05, 4.69) is 5.32 Å². The van der Waals surface area contributed by atoms with E-state index in [0.29, 0.717) is 25.2 Å². The molecule has 1 aromatic rings. The predicted molar refractivity (Wildman–Crippen MR) is 92.1 cm³/mol. The van der Waals surface area contributed by atoms with Crippen molar-refractivity contribution in [2.45, 2.75) is 25.3 Å². The molecule has 3 aliphatic heterocycles. The second-order valence-electron chi connectivity index (χ2n) is 7.40. The van der Waals surface area contributed by atoms with Crippen LogP contribution in [0.15, 0.2) is 12.1 Å². The first-order valence-corrected chi connectivity index (χ1v) is 9.17. The number of aryl methyl sites for hydroxylation is 1. The van der Waals surface area contributed by atoms with Gasteiger partial charge in [0.05, 0.1) is 36.3 Å². The summed E-state index contributed by atoms with van der Waals surface area (Å²) in [7, 11) is 0. The van der Waals surface area contributed by atoms with Crippen molar-refractivity contribution in [3.05, 3.63) is 23.3 Å². The van der Waals surface area contributed by atoms with Crippen molar-refractivity contribution in [2.24, 2.45) is 5.92 Å². The second kappa shape index (κ2) is 6.70. The minimum atomic E-state index is -3.10. The molecule has 1 amide bonds. The topological polar surface area (TPSA) is 131 Å². The van der Waals surface area contributed by atoms with Crippen LogP contribution in [0, 0.1) is 5.92 Å². The maximum atomic E-state index is 12.3. The third kappa shape index (κ3) is 3.47. The number of carbonyl (C=O) groups is 2. The van der Waals surface area contributed by atoms with Crippen LogP contribution >= 0.6 is 0 Å². The van der Waals surface area contributed by atoms with Crippen LogP contribution in [0.5, 0.6) is 11.5 Å². The average molecular weight is 376 g/mol. The summed E-state index contributed by atoms with van der Waals surface area (Å²) >= 11 is 0. The first-order chi connectivity index (χ1) is 12.8. The summed E-state index contributed by atoms with van der Waals surface area (Å²) in [5.74, 6) is -1.51. The van der Waals surface area contributed by atoms with Gasteiger partial charge in [0.25, 0.3) is 0 Å². The Bertz CT molecular complexity index is 773. The van der Waals surface area contributed by atoms with Gasteiger partial charge in [-0.25, -0.2) is 0 Å². The lowest BCUT2D eigenvalue weighted by Crippen LogP contribution is -2.58. The average Bonchev–Trinajstić information content (AvgIpc) is 3.10. The Kier molecular flexibility index (Phi) is 4.49. The molecule has 3 heterocycles. The Balaban J connectivity index is 1.47. The first-order valence-electron chi connectivity index (χ1n) is 9.17. The van der Waals surface area contributed by atoms with Crippen LogP contribution in [0.2, 0.25) is 6.32 Å². The van der Waals surface area contributed by atoms with E-state index in [-0.39, 0.29) is 47.7 Å². The molecule has 2 fully saturated rings. The van der Waals surface area contributed by atoms with Gasteiger partial charge in [0.1, 0.15) is 11.9 Å². The van der Waals surface area contributed by atoms with Crippen LogP contribution in [0.25, 0.3) is 0 Å². The van der Waals surface area contributed by atoms with Crippen molar-refractivity contribution >= 4 is 18.6 Å². The highest BCUT2D eigenvalue weighted by Gasteiger charge is 2.37. The zero-order valence-electron chi connectivity index (χ0n) is 14.7. The number of ether oxygens (including phenoxy) is 1. The van der Waals surface area contributed by atoms with Gasteiger partial charge in [-0.05, 0) is 31.0 Å². The fraction of sp³-hybridized carbons (Fsp3) is 0.529. The van der Waals surface area contributed by atoms with Crippen LogP contribution in [0.3, 0.4) is 0 Å². The van der Waals surface area contributed by atoms with Gasteiger partial charge in [0.2, 0.25) is 5.91 Å². The fourth-order valence-corrected chi connectivity index (χ4v) is 3.82. The van der Waals surface area contributed by atoms with E-state index in [9.17, 15) is 24.7 Å². The molecule has 9 nitrogen and oxygen atoms in total. The maximum Gasteiger partial charge on any atom is 0.430 e. The van der Waals surface area contributed by atoms with Crippen molar-refractivity contribution in [2.75, 3.05) is 26.2 Å². The SMILES string of the molecule is O=C([O-])c1c(OC2CN(C(=O)C3CCNC3)C2)ccc2c1O[B-](O)(O)CC2. The second-order valence-corrected chi connectivity index (χ2v) is 7.40. The van der Waals surface area contributed by atoms with Crippen LogP contribution < -0.4 is 19.8 Å². The quantitative estimate of drug-likeness (QED) is 0.520. The molecule has 0 aliphatic carbocycles. The maximum absolute atomic E-state index is 12.3. The molecule has 4 rings (SSSR count). The number of nitrogens with zero attached hydrogens (tertiary/aromatic N) is 1. The summed E-state index contributed by atoms with van der Waals surface area (Å²) in [6.45, 7) is -0.810. The molecule has 27 heavy (non-hydrogen) atoms. The third-order valence-electron chi connectivity index (χ3n) is 5.36. The van der Waals surface area contributed by atoms with Crippen molar-refractivity contribution < 1.29 is 34.1 Å². The summed E-state index contributed by atoms with van der Waals surface area (Å²) in [6, 6.07) is 3.17. The number of carboxylic acids is 1. The number of fused-ring (bicyclic) bond motifs is 1. The first kappa shape index (κ1) is 18.1. The highest BCUT2D eigenvalue weighted by Crippen LogP contribution is 2.38. The molecule has 2 saturated heterocycles. The Morgan fingerprint density at radius 1 is 1.33 bits per heavy atom. The standard InChI is InChI=1S/C17H22BN2O7/c21-16(11-4-6-19-7-11)20-8-12(9-20)26-13-2-1-10-3-5-18(24,25)27-15(10)14(13)17(22)23/h1-2,11-12,19,24-25H,3-9H2,(H,22,23)/q-1/p-1. The number of nitrogens with one attached hydrogen (secondary N) is 1. The van der Waals surface area contributed by atoms with Gasteiger partial charge in [-0.3, -0.25) is 4.79 Å². The summed E-state index contributed by atoms with van der Waals surface area (Å²) in [4.78, 5) is 25.7.